The number of methoxy groups -OCH3 is 1. The lowest BCUT2D eigenvalue weighted by atomic mass is 10.3. The van der Waals surface area contributed by atoms with Crippen molar-refractivity contribution in [2.24, 2.45) is 0 Å². The lowest BCUT2D eigenvalue weighted by Crippen LogP contribution is -2.39. The van der Waals surface area contributed by atoms with Gasteiger partial charge in [-0.1, -0.05) is 6.92 Å². The Morgan fingerprint density at radius 1 is 1.21 bits per heavy atom. The molecule has 14 heavy (non-hydrogen) atoms. The molecule has 0 radical (unpaired) electrons. The molecule has 0 fully saturated rings. The quantitative estimate of drug-likeness (QED) is 0.600. The third-order valence-electron chi connectivity index (χ3n) is 1.93. The van der Waals surface area contributed by atoms with Crippen LogP contribution in [0.1, 0.15) is 13.3 Å². The van der Waals surface area contributed by atoms with Crippen LogP contribution in [0.15, 0.2) is 0 Å². The summed E-state index contributed by atoms with van der Waals surface area (Å²) in [5.41, 5.74) is 0. The molecule has 0 spiro atoms. The lowest BCUT2D eigenvalue weighted by molar-refractivity contribution is -0.135. The molecule has 4 heteroatoms. The van der Waals surface area contributed by atoms with Crippen LogP contribution >= 0.6 is 0 Å². The average molecular weight is 202 g/mol. The Morgan fingerprint density at radius 2 is 1.86 bits per heavy atom. The van der Waals surface area contributed by atoms with E-state index in [1.165, 1.54) is 0 Å². The predicted octanol–water partition coefficient (Wildman–Crippen LogP) is 0.433. The molecule has 0 N–H and O–H groups in total. The molecular formula is C10H22N2O2. The Hall–Kier alpha value is -0.610. The minimum absolute atomic E-state index is 0.0798. The van der Waals surface area contributed by atoms with E-state index in [2.05, 4.69) is 11.8 Å². The van der Waals surface area contributed by atoms with Crippen molar-refractivity contribution in [3.8, 4) is 0 Å². The number of nitrogens with zero attached hydrogens (tertiary/aromatic N) is 2. The van der Waals surface area contributed by atoms with E-state index in [0.29, 0.717) is 0 Å². The van der Waals surface area contributed by atoms with Crippen LogP contribution in [0.3, 0.4) is 0 Å². The van der Waals surface area contributed by atoms with E-state index in [-0.39, 0.29) is 12.5 Å². The van der Waals surface area contributed by atoms with Crippen LogP contribution in [0, 0.1) is 0 Å². The highest BCUT2D eigenvalue weighted by Crippen LogP contribution is 1.94. The van der Waals surface area contributed by atoms with Crippen molar-refractivity contribution in [3.05, 3.63) is 0 Å². The second kappa shape index (κ2) is 7.76. The summed E-state index contributed by atoms with van der Waals surface area (Å²) in [5, 5.41) is 0. The van der Waals surface area contributed by atoms with Gasteiger partial charge in [0.15, 0.2) is 0 Å². The highest BCUT2D eigenvalue weighted by atomic mass is 16.5. The van der Waals surface area contributed by atoms with E-state index in [4.69, 9.17) is 4.74 Å². The summed E-state index contributed by atoms with van der Waals surface area (Å²) in [7, 11) is 5.56. The first-order chi connectivity index (χ1) is 6.61. The smallest absolute Gasteiger partial charge is 0.248 e. The zero-order chi connectivity index (χ0) is 11.0. The number of hydrogen-bond acceptors (Lipinski definition) is 3. The zero-order valence-electron chi connectivity index (χ0n) is 9.75. The summed E-state index contributed by atoms with van der Waals surface area (Å²) in [6.07, 6.45) is 0.989. The molecule has 0 saturated carbocycles. The second-order valence-corrected chi connectivity index (χ2v) is 3.62. The molecule has 0 saturated heterocycles. The lowest BCUT2D eigenvalue weighted by Gasteiger charge is -2.23. The van der Waals surface area contributed by atoms with Crippen LogP contribution in [0.2, 0.25) is 0 Å². The third-order valence-corrected chi connectivity index (χ3v) is 1.93. The fraction of sp³-hybridized carbons (Fsp3) is 0.900. The van der Waals surface area contributed by atoms with E-state index < -0.39 is 0 Å². The van der Waals surface area contributed by atoms with Crippen molar-refractivity contribution < 1.29 is 9.53 Å². The van der Waals surface area contributed by atoms with Crippen molar-refractivity contribution in [1.29, 1.82) is 0 Å². The van der Waals surface area contributed by atoms with Gasteiger partial charge in [-0.2, -0.15) is 0 Å². The average Bonchev–Trinajstić information content (AvgIpc) is 2.12. The molecule has 84 valence electrons. The van der Waals surface area contributed by atoms with Crippen molar-refractivity contribution in [2.45, 2.75) is 13.3 Å². The first-order valence-electron chi connectivity index (χ1n) is 5.03. The van der Waals surface area contributed by atoms with Crippen LogP contribution in [-0.2, 0) is 9.53 Å². The van der Waals surface area contributed by atoms with Crippen LogP contribution in [0.4, 0.5) is 0 Å². The van der Waals surface area contributed by atoms with Gasteiger partial charge in [0.25, 0.3) is 0 Å². The predicted molar refractivity (Wildman–Crippen MR) is 57.3 cm³/mol. The van der Waals surface area contributed by atoms with Crippen molar-refractivity contribution in [2.75, 3.05) is 47.4 Å². The summed E-state index contributed by atoms with van der Waals surface area (Å²) >= 11 is 0. The molecule has 0 atom stereocenters. The van der Waals surface area contributed by atoms with Gasteiger partial charge in [-0.3, -0.25) is 4.79 Å². The second-order valence-electron chi connectivity index (χ2n) is 3.62. The fourth-order valence-corrected chi connectivity index (χ4v) is 1.17. The number of carbonyl (C=O) groups is 1. The fourth-order valence-electron chi connectivity index (χ4n) is 1.17. The molecule has 1 amide bonds. The number of amides is 1. The van der Waals surface area contributed by atoms with E-state index >= 15 is 0 Å². The molecule has 0 bridgehead atoms. The van der Waals surface area contributed by atoms with E-state index in [1.54, 1.807) is 7.11 Å². The minimum Gasteiger partial charge on any atom is -0.375 e. The summed E-state index contributed by atoms with van der Waals surface area (Å²) in [6.45, 7) is 4.75. The topological polar surface area (TPSA) is 32.8 Å². The standard InChI is InChI=1S/C10H22N2O2/c1-5-6-12(8-7-11(2)3)10(13)9-14-4/h5-9H2,1-4H3. The summed E-state index contributed by atoms with van der Waals surface area (Å²) in [5.74, 6) is 0.0798. The van der Waals surface area contributed by atoms with Crippen LogP contribution < -0.4 is 0 Å². The number of rotatable bonds is 7. The van der Waals surface area contributed by atoms with Gasteiger partial charge in [0.1, 0.15) is 6.61 Å². The number of ether oxygens (including phenoxy) is 1. The van der Waals surface area contributed by atoms with Gasteiger partial charge in [0.2, 0.25) is 5.91 Å². The third kappa shape index (κ3) is 5.94. The Labute approximate surface area is 86.8 Å². The molecule has 0 unspecified atom stereocenters. The van der Waals surface area contributed by atoms with Crippen LogP contribution in [0.25, 0.3) is 0 Å². The molecule has 0 aliphatic heterocycles. The first-order valence-corrected chi connectivity index (χ1v) is 5.03. The molecule has 0 rings (SSSR count). The highest BCUT2D eigenvalue weighted by Gasteiger charge is 2.11. The summed E-state index contributed by atoms with van der Waals surface area (Å²) in [4.78, 5) is 15.5. The molecular weight excluding hydrogens is 180 g/mol. The van der Waals surface area contributed by atoms with E-state index in [1.807, 2.05) is 19.0 Å². The van der Waals surface area contributed by atoms with E-state index in [9.17, 15) is 4.79 Å². The van der Waals surface area contributed by atoms with Gasteiger partial charge >= 0.3 is 0 Å². The minimum atomic E-state index is 0.0798. The largest absolute Gasteiger partial charge is 0.375 e. The van der Waals surface area contributed by atoms with Gasteiger partial charge in [0.05, 0.1) is 0 Å². The van der Waals surface area contributed by atoms with Gasteiger partial charge in [-0.15, -0.1) is 0 Å². The van der Waals surface area contributed by atoms with Gasteiger partial charge in [-0.25, -0.2) is 0 Å². The zero-order valence-corrected chi connectivity index (χ0v) is 9.75. The molecule has 0 aromatic rings. The van der Waals surface area contributed by atoms with Crippen LogP contribution in [-0.4, -0.2) is 63.2 Å². The van der Waals surface area contributed by atoms with Crippen molar-refractivity contribution >= 4 is 5.91 Å². The number of carbonyl (C=O) groups excluding carboxylic acids is 1. The number of likely N-dealkylation sites (N-methyl/N-ethyl adjacent to an activating group) is 1. The first kappa shape index (κ1) is 13.4. The maximum atomic E-state index is 11.5. The van der Waals surface area contributed by atoms with Crippen molar-refractivity contribution in [1.82, 2.24) is 9.80 Å². The normalized spacial score (nSPS) is 10.6. The Kier molecular flexibility index (Phi) is 7.42. The number of hydrogen-bond donors (Lipinski definition) is 0. The monoisotopic (exact) mass is 202 g/mol. The summed E-state index contributed by atoms with van der Waals surface area (Å²) < 4.78 is 4.83. The molecule has 0 aromatic heterocycles. The molecule has 0 aliphatic carbocycles. The highest BCUT2D eigenvalue weighted by molar-refractivity contribution is 5.77. The molecule has 0 aromatic carbocycles. The maximum absolute atomic E-state index is 11.5. The van der Waals surface area contributed by atoms with Crippen LogP contribution in [0.5, 0.6) is 0 Å². The van der Waals surface area contributed by atoms with Gasteiger partial charge in [0, 0.05) is 26.7 Å². The summed E-state index contributed by atoms with van der Waals surface area (Å²) in [6, 6.07) is 0. The van der Waals surface area contributed by atoms with E-state index in [0.717, 1.165) is 26.1 Å². The Balaban J connectivity index is 3.93. The molecule has 0 aliphatic rings. The molecule has 4 nitrogen and oxygen atoms in total. The van der Waals surface area contributed by atoms with Crippen molar-refractivity contribution in [3.63, 3.8) is 0 Å². The molecule has 0 heterocycles. The van der Waals surface area contributed by atoms with Gasteiger partial charge in [-0.05, 0) is 20.5 Å². The Morgan fingerprint density at radius 3 is 2.29 bits per heavy atom. The SMILES string of the molecule is CCCN(CCN(C)C)C(=O)COC. The Bertz CT molecular complexity index is 160. The van der Waals surface area contributed by atoms with Gasteiger partial charge < -0.3 is 14.5 Å². The maximum Gasteiger partial charge on any atom is 0.248 e.